The van der Waals surface area contributed by atoms with Crippen molar-refractivity contribution in [2.45, 2.75) is 65.3 Å². The van der Waals surface area contributed by atoms with Gasteiger partial charge in [0.25, 0.3) is 0 Å². The number of aryl methyl sites for hydroxylation is 1. The molecule has 0 saturated heterocycles. The van der Waals surface area contributed by atoms with E-state index in [9.17, 15) is 9.90 Å². The highest BCUT2D eigenvalue weighted by molar-refractivity contribution is 5.73. The zero-order chi connectivity index (χ0) is 14.6. The summed E-state index contributed by atoms with van der Waals surface area (Å²) in [6.07, 6.45) is 8.59. The van der Waals surface area contributed by atoms with E-state index in [0.717, 1.165) is 24.6 Å². The van der Waals surface area contributed by atoms with Crippen molar-refractivity contribution >= 4 is 5.97 Å². The van der Waals surface area contributed by atoms with E-state index in [4.69, 9.17) is 0 Å². The quantitative estimate of drug-likeness (QED) is 0.864. The van der Waals surface area contributed by atoms with E-state index in [1.807, 2.05) is 0 Å². The van der Waals surface area contributed by atoms with Gasteiger partial charge in [-0.1, -0.05) is 32.1 Å². The van der Waals surface area contributed by atoms with Crippen LogP contribution in [0.2, 0.25) is 0 Å². The lowest BCUT2D eigenvalue weighted by Gasteiger charge is -2.22. The summed E-state index contributed by atoms with van der Waals surface area (Å²) in [5.41, 5.74) is -0.852. The number of hydrogen-bond donors (Lipinski definition) is 1. The standard InChI is InChI=1S/C14H24N4O2/c1-14(2,13(19)20)10-18-12(15-16-17-18)9-8-11-6-4-3-5-7-11/h11H,3-10H2,1-2H3,(H,19,20). The number of carboxylic acids is 1. The summed E-state index contributed by atoms with van der Waals surface area (Å²) >= 11 is 0. The van der Waals surface area contributed by atoms with Gasteiger partial charge in [-0.3, -0.25) is 4.79 Å². The fraction of sp³-hybridized carbons (Fsp3) is 0.857. The van der Waals surface area contributed by atoms with Gasteiger partial charge < -0.3 is 5.11 Å². The first-order chi connectivity index (χ1) is 9.49. The highest BCUT2D eigenvalue weighted by Crippen LogP contribution is 2.27. The molecule has 0 radical (unpaired) electrons. The van der Waals surface area contributed by atoms with Crippen LogP contribution in [0.25, 0.3) is 0 Å². The van der Waals surface area contributed by atoms with Crippen LogP contribution in [0, 0.1) is 11.3 Å². The van der Waals surface area contributed by atoms with Crippen LogP contribution in [0.5, 0.6) is 0 Å². The van der Waals surface area contributed by atoms with Crippen LogP contribution < -0.4 is 0 Å². The fourth-order valence-corrected chi connectivity index (χ4v) is 2.78. The average Bonchev–Trinajstić information content (AvgIpc) is 2.84. The Morgan fingerprint density at radius 3 is 2.70 bits per heavy atom. The number of tetrazole rings is 1. The van der Waals surface area contributed by atoms with Crippen LogP contribution in [0.15, 0.2) is 0 Å². The van der Waals surface area contributed by atoms with Crippen molar-refractivity contribution in [3.8, 4) is 0 Å². The maximum Gasteiger partial charge on any atom is 0.310 e. The van der Waals surface area contributed by atoms with Gasteiger partial charge in [0.2, 0.25) is 0 Å². The number of nitrogens with zero attached hydrogens (tertiary/aromatic N) is 4. The predicted molar refractivity (Wildman–Crippen MR) is 74.1 cm³/mol. The van der Waals surface area contributed by atoms with E-state index >= 15 is 0 Å². The topological polar surface area (TPSA) is 80.9 Å². The zero-order valence-corrected chi connectivity index (χ0v) is 12.4. The lowest BCUT2D eigenvalue weighted by atomic mass is 9.86. The first kappa shape index (κ1) is 14.9. The molecule has 0 spiro atoms. The molecular formula is C14H24N4O2. The zero-order valence-electron chi connectivity index (χ0n) is 12.4. The molecule has 0 aliphatic heterocycles. The van der Waals surface area contributed by atoms with Gasteiger partial charge in [-0.05, 0) is 36.6 Å². The van der Waals surface area contributed by atoms with Gasteiger partial charge in [0, 0.05) is 6.42 Å². The highest BCUT2D eigenvalue weighted by Gasteiger charge is 2.29. The second-order valence-electron chi connectivity index (χ2n) is 6.48. The van der Waals surface area contributed by atoms with Gasteiger partial charge in [0.05, 0.1) is 12.0 Å². The Morgan fingerprint density at radius 2 is 2.05 bits per heavy atom. The van der Waals surface area contributed by atoms with Crippen LogP contribution in [-0.2, 0) is 17.8 Å². The molecule has 1 N–H and O–H groups in total. The molecule has 6 nitrogen and oxygen atoms in total. The summed E-state index contributed by atoms with van der Waals surface area (Å²) in [6, 6.07) is 0. The normalized spacial score (nSPS) is 17.3. The first-order valence-electron chi connectivity index (χ1n) is 7.47. The Balaban J connectivity index is 1.92. The molecule has 1 saturated carbocycles. The Bertz CT molecular complexity index is 450. The fourth-order valence-electron chi connectivity index (χ4n) is 2.78. The van der Waals surface area contributed by atoms with Gasteiger partial charge in [0.1, 0.15) is 0 Å². The molecule has 0 bridgehead atoms. The van der Waals surface area contributed by atoms with Gasteiger partial charge in [-0.2, -0.15) is 0 Å². The molecule has 1 aliphatic carbocycles. The molecule has 1 aliphatic rings. The maximum atomic E-state index is 11.2. The van der Waals surface area contributed by atoms with E-state index in [1.54, 1.807) is 18.5 Å². The Morgan fingerprint density at radius 1 is 1.35 bits per heavy atom. The van der Waals surface area contributed by atoms with Gasteiger partial charge in [-0.25, -0.2) is 4.68 Å². The van der Waals surface area contributed by atoms with E-state index in [1.165, 1.54) is 32.1 Å². The van der Waals surface area contributed by atoms with Crippen molar-refractivity contribution in [1.82, 2.24) is 20.2 Å². The summed E-state index contributed by atoms with van der Waals surface area (Å²) in [7, 11) is 0. The van der Waals surface area contributed by atoms with Gasteiger partial charge >= 0.3 is 5.97 Å². The van der Waals surface area contributed by atoms with Gasteiger partial charge in [0.15, 0.2) is 5.82 Å². The third kappa shape index (κ3) is 3.77. The van der Waals surface area contributed by atoms with Crippen molar-refractivity contribution in [1.29, 1.82) is 0 Å². The molecule has 0 atom stereocenters. The second kappa shape index (κ2) is 6.33. The number of carbonyl (C=O) groups is 1. The summed E-state index contributed by atoms with van der Waals surface area (Å²) in [4.78, 5) is 11.2. The molecule has 0 unspecified atom stereocenters. The van der Waals surface area contributed by atoms with E-state index in [2.05, 4.69) is 15.5 Å². The highest BCUT2D eigenvalue weighted by atomic mass is 16.4. The minimum Gasteiger partial charge on any atom is -0.481 e. The minimum atomic E-state index is -0.852. The van der Waals surface area contributed by atoms with Crippen molar-refractivity contribution in [3.63, 3.8) is 0 Å². The second-order valence-corrected chi connectivity index (χ2v) is 6.48. The van der Waals surface area contributed by atoms with Crippen molar-refractivity contribution < 1.29 is 9.90 Å². The van der Waals surface area contributed by atoms with Crippen molar-refractivity contribution in [2.75, 3.05) is 0 Å². The summed E-state index contributed by atoms with van der Waals surface area (Å²) in [5.74, 6) is 0.762. The van der Waals surface area contributed by atoms with Gasteiger partial charge in [-0.15, -0.1) is 5.10 Å². The Hall–Kier alpha value is -1.46. The molecule has 1 aromatic rings. The molecule has 0 amide bonds. The molecule has 1 aromatic heterocycles. The molecule has 0 aromatic carbocycles. The van der Waals surface area contributed by atoms with Crippen LogP contribution in [0.1, 0.15) is 58.2 Å². The van der Waals surface area contributed by atoms with E-state index < -0.39 is 11.4 Å². The molecule has 1 heterocycles. The molecule has 112 valence electrons. The number of carboxylic acid groups (broad SMARTS) is 1. The summed E-state index contributed by atoms with van der Waals surface area (Å²) in [6.45, 7) is 3.71. The number of aliphatic carboxylic acids is 1. The largest absolute Gasteiger partial charge is 0.481 e. The van der Waals surface area contributed by atoms with Crippen LogP contribution >= 0.6 is 0 Å². The minimum absolute atomic E-state index is 0.315. The Labute approximate surface area is 119 Å². The van der Waals surface area contributed by atoms with Crippen molar-refractivity contribution in [2.24, 2.45) is 11.3 Å². The Kier molecular flexibility index (Phi) is 4.73. The summed E-state index contributed by atoms with van der Waals surface area (Å²) in [5, 5.41) is 20.9. The predicted octanol–water partition coefficient (Wildman–Crippen LogP) is 2.30. The molecule has 6 heteroatoms. The molecule has 2 rings (SSSR count). The van der Waals surface area contributed by atoms with E-state index in [-0.39, 0.29) is 0 Å². The lowest BCUT2D eigenvalue weighted by Crippen LogP contribution is -2.30. The number of aromatic nitrogens is 4. The summed E-state index contributed by atoms with van der Waals surface area (Å²) < 4.78 is 1.65. The monoisotopic (exact) mass is 280 g/mol. The molecule has 20 heavy (non-hydrogen) atoms. The lowest BCUT2D eigenvalue weighted by molar-refractivity contribution is -0.147. The first-order valence-corrected chi connectivity index (χ1v) is 7.47. The SMILES string of the molecule is CC(C)(Cn1nnnc1CCC1CCCCC1)C(=O)O. The molecular weight excluding hydrogens is 256 g/mol. The smallest absolute Gasteiger partial charge is 0.310 e. The molecule has 1 fully saturated rings. The number of hydrogen-bond acceptors (Lipinski definition) is 4. The van der Waals surface area contributed by atoms with Crippen LogP contribution in [0.4, 0.5) is 0 Å². The number of rotatable bonds is 6. The van der Waals surface area contributed by atoms with Crippen LogP contribution in [-0.4, -0.2) is 31.3 Å². The third-order valence-electron chi connectivity index (χ3n) is 4.23. The third-order valence-corrected chi connectivity index (χ3v) is 4.23. The van der Waals surface area contributed by atoms with Crippen molar-refractivity contribution in [3.05, 3.63) is 5.82 Å². The van der Waals surface area contributed by atoms with Crippen LogP contribution in [0.3, 0.4) is 0 Å². The van der Waals surface area contributed by atoms with E-state index in [0.29, 0.717) is 6.54 Å². The maximum absolute atomic E-state index is 11.2. The average molecular weight is 280 g/mol.